The molecule has 1 spiro atoms. The molecule has 0 aromatic carbocycles. The molecule has 2 aliphatic heterocycles. The molecule has 30 heavy (non-hydrogen) atoms. The Labute approximate surface area is 179 Å². The molecule has 0 aromatic rings. The Bertz CT molecular complexity index is 804. The van der Waals surface area contributed by atoms with Gasteiger partial charge in [-0.3, -0.25) is 0 Å². The number of hydrogen-bond donors (Lipinski definition) is 1. The van der Waals surface area contributed by atoms with Crippen molar-refractivity contribution in [1.82, 2.24) is 0 Å². The van der Waals surface area contributed by atoms with Gasteiger partial charge in [0.25, 0.3) is 0 Å². The van der Waals surface area contributed by atoms with Gasteiger partial charge in [0.2, 0.25) is 0 Å². The standard InChI is InChI=1S/C25H36O5/c1-21-10-11-24(29-14-15-30-24)16-17(21)4-5-18-19(21)6-8-22(2)20(18)7-9-25(22,26)23(3)27-12-13-28-23/h4,7,18-19,26H,5-6,8-16H2,1-3H3/t18?,19?,21?,22?,25-/m1/s1. The average molecular weight is 417 g/mol. The van der Waals surface area contributed by atoms with E-state index in [0.717, 1.165) is 51.7 Å². The minimum absolute atomic E-state index is 0.205. The molecule has 4 aliphatic carbocycles. The SMILES string of the molecule is CC12CCC3(CC1=CCC1C4=CC[C@](O)(C5(C)OCCO5)C4(C)CCC12)OCCO3. The third-order valence-corrected chi connectivity index (χ3v) is 10.1. The molecular weight excluding hydrogens is 380 g/mol. The first-order chi connectivity index (χ1) is 14.3. The van der Waals surface area contributed by atoms with E-state index in [1.54, 1.807) is 5.57 Å². The molecule has 6 rings (SSSR count). The van der Waals surface area contributed by atoms with E-state index in [0.29, 0.717) is 31.5 Å². The second-order valence-corrected chi connectivity index (χ2v) is 11.1. The fraction of sp³-hybridized carbons (Fsp3) is 0.840. The minimum atomic E-state index is -0.996. The van der Waals surface area contributed by atoms with Crippen LogP contribution in [0.15, 0.2) is 23.3 Å². The van der Waals surface area contributed by atoms with Gasteiger partial charge in [-0.15, -0.1) is 0 Å². The van der Waals surface area contributed by atoms with Gasteiger partial charge in [0.1, 0.15) is 5.60 Å². The molecular formula is C25H36O5. The first-order valence-corrected chi connectivity index (χ1v) is 11.9. The summed E-state index contributed by atoms with van der Waals surface area (Å²) in [6.45, 7) is 9.25. The van der Waals surface area contributed by atoms with Gasteiger partial charge in [0, 0.05) is 24.7 Å². The zero-order chi connectivity index (χ0) is 20.8. The lowest BCUT2D eigenvalue weighted by atomic mass is 9.47. The van der Waals surface area contributed by atoms with E-state index >= 15 is 0 Å². The fourth-order valence-corrected chi connectivity index (χ4v) is 8.15. The van der Waals surface area contributed by atoms with Crippen LogP contribution < -0.4 is 0 Å². The van der Waals surface area contributed by atoms with E-state index in [9.17, 15) is 5.11 Å². The van der Waals surface area contributed by atoms with E-state index < -0.39 is 11.4 Å². The number of aliphatic hydroxyl groups is 1. The van der Waals surface area contributed by atoms with Gasteiger partial charge in [0.05, 0.1) is 26.4 Å². The van der Waals surface area contributed by atoms with Crippen molar-refractivity contribution < 1.29 is 24.1 Å². The Morgan fingerprint density at radius 2 is 1.60 bits per heavy atom. The highest BCUT2D eigenvalue weighted by atomic mass is 16.8. The van der Waals surface area contributed by atoms with E-state index in [-0.39, 0.29) is 16.6 Å². The maximum atomic E-state index is 12.0. The molecule has 6 aliphatic rings. The van der Waals surface area contributed by atoms with Crippen LogP contribution >= 0.6 is 0 Å². The molecule has 5 heteroatoms. The molecule has 2 heterocycles. The van der Waals surface area contributed by atoms with Gasteiger partial charge < -0.3 is 24.1 Å². The second kappa shape index (κ2) is 6.20. The van der Waals surface area contributed by atoms with Crippen LogP contribution in [0.1, 0.15) is 65.7 Å². The molecule has 2 saturated heterocycles. The number of rotatable bonds is 1. The molecule has 0 amide bonds. The Morgan fingerprint density at radius 1 is 0.900 bits per heavy atom. The Kier molecular flexibility index (Phi) is 4.12. The van der Waals surface area contributed by atoms with E-state index in [1.807, 2.05) is 6.92 Å². The highest BCUT2D eigenvalue weighted by Crippen LogP contribution is 2.68. The van der Waals surface area contributed by atoms with E-state index in [1.165, 1.54) is 5.57 Å². The Balaban J connectivity index is 1.32. The first kappa shape index (κ1) is 19.9. The number of allylic oxidation sites excluding steroid dienone is 1. The van der Waals surface area contributed by atoms with Gasteiger partial charge in [-0.25, -0.2) is 0 Å². The topological polar surface area (TPSA) is 57.2 Å². The summed E-state index contributed by atoms with van der Waals surface area (Å²) in [6.07, 6.45) is 11.7. The molecule has 1 N–H and O–H groups in total. The van der Waals surface area contributed by atoms with Gasteiger partial charge in [0.15, 0.2) is 11.6 Å². The zero-order valence-electron chi connectivity index (χ0n) is 18.7. The predicted octanol–water partition coefficient (Wildman–Crippen LogP) is 4.11. The van der Waals surface area contributed by atoms with Crippen LogP contribution in [0.2, 0.25) is 0 Å². The number of hydrogen-bond acceptors (Lipinski definition) is 5. The third-order valence-electron chi connectivity index (χ3n) is 10.1. The van der Waals surface area contributed by atoms with Crippen molar-refractivity contribution in [2.24, 2.45) is 22.7 Å². The molecule has 0 aromatic heterocycles. The van der Waals surface area contributed by atoms with Crippen LogP contribution in [0.5, 0.6) is 0 Å². The monoisotopic (exact) mass is 416 g/mol. The molecule has 5 nitrogen and oxygen atoms in total. The van der Waals surface area contributed by atoms with Crippen LogP contribution in [0, 0.1) is 22.7 Å². The lowest BCUT2D eigenvalue weighted by Crippen LogP contribution is -2.63. The first-order valence-electron chi connectivity index (χ1n) is 11.9. The summed E-state index contributed by atoms with van der Waals surface area (Å²) >= 11 is 0. The molecule has 4 fully saturated rings. The minimum Gasteiger partial charge on any atom is -0.383 e. The van der Waals surface area contributed by atoms with Crippen LogP contribution in [0.4, 0.5) is 0 Å². The zero-order valence-corrected chi connectivity index (χ0v) is 18.7. The number of ether oxygens (including phenoxy) is 4. The Morgan fingerprint density at radius 3 is 2.33 bits per heavy atom. The maximum Gasteiger partial charge on any atom is 0.195 e. The summed E-state index contributed by atoms with van der Waals surface area (Å²) in [6, 6.07) is 0. The van der Waals surface area contributed by atoms with Gasteiger partial charge in [-0.05, 0) is 49.9 Å². The summed E-state index contributed by atoms with van der Waals surface area (Å²) in [5.74, 6) is -0.159. The van der Waals surface area contributed by atoms with Gasteiger partial charge >= 0.3 is 0 Å². The van der Waals surface area contributed by atoms with Crippen molar-refractivity contribution in [3.63, 3.8) is 0 Å². The molecule has 166 valence electrons. The maximum absolute atomic E-state index is 12.0. The highest BCUT2D eigenvalue weighted by molar-refractivity contribution is 5.39. The van der Waals surface area contributed by atoms with E-state index in [4.69, 9.17) is 18.9 Å². The molecule has 0 radical (unpaired) electrons. The summed E-state index contributed by atoms with van der Waals surface area (Å²) < 4.78 is 24.1. The molecule has 4 unspecified atom stereocenters. The van der Waals surface area contributed by atoms with Crippen LogP contribution in [-0.4, -0.2) is 48.7 Å². The molecule has 2 saturated carbocycles. The van der Waals surface area contributed by atoms with Crippen molar-refractivity contribution in [2.45, 2.75) is 82.9 Å². The van der Waals surface area contributed by atoms with Crippen LogP contribution in [0.3, 0.4) is 0 Å². The van der Waals surface area contributed by atoms with Crippen molar-refractivity contribution >= 4 is 0 Å². The normalized spacial score (nSPS) is 48.7. The average Bonchev–Trinajstić information content (AvgIpc) is 3.43. The molecule has 0 bridgehead atoms. The van der Waals surface area contributed by atoms with E-state index in [2.05, 4.69) is 26.0 Å². The summed E-state index contributed by atoms with van der Waals surface area (Å²) in [4.78, 5) is 0. The third kappa shape index (κ3) is 2.31. The Hall–Kier alpha value is -0.720. The quantitative estimate of drug-likeness (QED) is 0.652. The lowest BCUT2D eigenvalue weighted by Gasteiger charge is -2.59. The lowest BCUT2D eigenvalue weighted by molar-refractivity contribution is -0.289. The smallest absolute Gasteiger partial charge is 0.195 e. The predicted molar refractivity (Wildman–Crippen MR) is 112 cm³/mol. The van der Waals surface area contributed by atoms with Crippen molar-refractivity contribution in [3.05, 3.63) is 23.3 Å². The summed E-state index contributed by atoms with van der Waals surface area (Å²) in [7, 11) is 0. The summed E-state index contributed by atoms with van der Waals surface area (Å²) in [5.41, 5.74) is 1.92. The summed E-state index contributed by atoms with van der Waals surface area (Å²) in [5, 5.41) is 12.0. The van der Waals surface area contributed by atoms with Crippen LogP contribution in [0.25, 0.3) is 0 Å². The largest absolute Gasteiger partial charge is 0.383 e. The number of fused-ring (bicyclic) bond motifs is 5. The second-order valence-electron chi connectivity index (χ2n) is 11.1. The fourth-order valence-electron chi connectivity index (χ4n) is 8.15. The van der Waals surface area contributed by atoms with Gasteiger partial charge in [-0.2, -0.15) is 0 Å². The van der Waals surface area contributed by atoms with Crippen molar-refractivity contribution in [3.8, 4) is 0 Å². The van der Waals surface area contributed by atoms with Crippen LogP contribution in [-0.2, 0) is 18.9 Å². The molecule has 5 atom stereocenters. The van der Waals surface area contributed by atoms with Crippen molar-refractivity contribution in [1.29, 1.82) is 0 Å². The highest BCUT2D eigenvalue weighted by Gasteiger charge is 2.68. The van der Waals surface area contributed by atoms with Gasteiger partial charge in [-0.1, -0.05) is 37.1 Å². The van der Waals surface area contributed by atoms with Crippen molar-refractivity contribution in [2.75, 3.05) is 26.4 Å².